The number of carbonyl (C=O) groups is 1. The lowest BCUT2D eigenvalue weighted by Crippen LogP contribution is -2.24. The molecule has 37 heavy (non-hydrogen) atoms. The molecular weight excluding hydrogens is 466 g/mol. The Hall–Kier alpha value is -4.27. The average Bonchev–Trinajstić information content (AvgIpc) is 3.60. The normalized spacial score (nSPS) is 13.5. The molecule has 0 saturated heterocycles. The van der Waals surface area contributed by atoms with Gasteiger partial charge in [0.2, 0.25) is 0 Å². The van der Waals surface area contributed by atoms with Gasteiger partial charge in [0.1, 0.15) is 11.4 Å². The first-order valence-electron chi connectivity index (χ1n) is 12.4. The van der Waals surface area contributed by atoms with Crippen LogP contribution in [0.5, 0.6) is 5.75 Å². The number of hydrogen-bond acceptors (Lipinski definition) is 6. The molecule has 188 valence electrons. The summed E-state index contributed by atoms with van der Waals surface area (Å²) in [5.74, 6) is 1.82. The Kier molecular flexibility index (Phi) is 5.25. The third kappa shape index (κ3) is 3.56. The van der Waals surface area contributed by atoms with Gasteiger partial charge in [0.05, 0.1) is 41.3 Å². The Morgan fingerprint density at radius 2 is 1.89 bits per heavy atom. The maximum absolute atomic E-state index is 13.0. The molecule has 0 aliphatic heterocycles. The SMILES string of the molecule is COc1ccncc1-c1cc2c(cnn2-c2cc3c(c(C4CC4)n2)c(C)c(C(=O)N(C)C)n3C)c(C)n1. The van der Waals surface area contributed by atoms with Crippen molar-refractivity contribution in [2.75, 3.05) is 21.2 Å². The number of hydrogen-bond donors (Lipinski definition) is 0. The van der Waals surface area contributed by atoms with Gasteiger partial charge in [0.25, 0.3) is 5.91 Å². The summed E-state index contributed by atoms with van der Waals surface area (Å²) in [5.41, 5.74) is 7.04. The van der Waals surface area contributed by atoms with E-state index in [1.165, 1.54) is 0 Å². The van der Waals surface area contributed by atoms with Gasteiger partial charge in [-0.3, -0.25) is 14.8 Å². The number of amides is 1. The highest BCUT2D eigenvalue weighted by molar-refractivity contribution is 6.02. The van der Waals surface area contributed by atoms with Crippen LogP contribution in [0.15, 0.2) is 36.8 Å². The first-order valence-corrected chi connectivity index (χ1v) is 12.4. The van der Waals surface area contributed by atoms with Crippen LogP contribution in [0.2, 0.25) is 0 Å². The van der Waals surface area contributed by atoms with Crippen LogP contribution in [0.3, 0.4) is 0 Å². The summed E-state index contributed by atoms with van der Waals surface area (Å²) in [6.45, 7) is 4.00. The molecule has 0 spiro atoms. The van der Waals surface area contributed by atoms with E-state index in [1.54, 1.807) is 38.5 Å². The van der Waals surface area contributed by atoms with Crippen molar-refractivity contribution in [2.24, 2.45) is 7.05 Å². The van der Waals surface area contributed by atoms with E-state index in [9.17, 15) is 4.79 Å². The first kappa shape index (κ1) is 23.1. The molecule has 0 bridgehead atoms. The molecule has 0 radical (unpaired) electrons. The standard InChI is InChI=1S/C28H29N7O2/c1-15-25-22(34(5)27(15)28(36)33(3)4)12-24(32-26(25)17-7-8-17)35-21-11-20(31-16(2)18(21)14-30-35)19-13-29-10-9-23(19)37-6/h9-14,17H,7-8H2,1-6H3. The lowest BCUT2D eigenvalue weighted by molar-refractivity contribution is 0.0818. The number of carbonyl (C=O) groups excluding carboxylic acids is 1. The summed E-state index contributed by atoms with van der Waals surface area (Å²) in [6, 6.07) is 5.87. The summed E-state index contributed by atoms with van der Waals surface area (Å²) in [5, 5.41) is 6.77. The molecule has 1 saturated carbocycles. The molecule has 1 amide bonds. The maximum atomic E-state index is 13.0. The summed E-state index contributed by atoms with van der Waals surface area (Å²) in [6.07, 6.45) is 7.50. The van der Waals surface area contributed by atoms with Gasteiger partial charge in [-0.25, -0.2) is 9.67 Å². The summed E-state index contributed by atoms with van der Waals surface area (Å²) < 4.78 is 9.43. The second kappa shape index (κ2) is 8.40. The highest BCUT2D eigenvalue weighted by Crippen LogP contribution is 2.44. The van der Waals surface area contributed by atoms with E-state index < -0.39 is 0 Å². The van der Waals surface area contributed by atoms with Gasteiger partial charge < -0.3 is 14.2 Å². The third-order valence-corrected chi connectivity index (χ3v) is 7.26. The van der Waals surface area contributed by atoms with E-state index in [0.717, 1.165) is 68.7 Å². The van der Waals surface area contributed by atoms with Gasteiger partial charge in [0, 0.05) is 62.0 Å². The van der Waals surface area contributed by atoms with Crippen LogP contribution in [0.1, 0.15) is 46.2 Å². The molecule has 1 aliphatic rings. The number of aromatic nitrogens is 6. The van der Waals surface area contributed by atoms with E-state index in [-0.39, 0.29) is 5.91 Å². The van der Waals surface area contributed by atoms with Gasteiger partial charge in [-0.05, 0) is 44.4 Å². The molecule has 0 unspecified atom stereocenters. The van der Waals surface area contributed by atoms with Crippen LogP contribution < -0.4 is 4.74 Å². The van der Waals surface area contributed by atoms with Crippen LogP contribution in [0, 0.1) is 13.8 Å². The van der Waals surface area contributed by atoms with Crippen molar-refractivity contribution in [1.29, 1.82) is 0 Å². The quantitative estimate of drug-likeness (QED) is 0.355. The van der Waals surface area contributed by atoms with E-state index in [4.69, 9.17) is 19.8 Å². The summed E-state index contributed by atoms with van der Waals surface area (Å²) in [7, 11) is 7.16. The van der Waals surface area contributed by atoms with Gasteiger partial charge in [-0.15, -0.1) is 0 Å². The van der Waals surface area contributed by atoms with Crippen molar-refractivity contribution < 1.29 is 9.53 Å². The van der Waals surface area contributed by atoms with Gasteiger partial charge in [-0.1, -0.05) is 0 Å². The molecule has 6 rings (SSSR count). The molecule has 9 nitrogen and oxygen atoms in total. The topological polar surface area (TPSA) is 91.0 Å². The molecule has 0 aromatic carbocycles. The number of pyridine rings is 3. The second-order valence-corrected chi connectivity index (χ2v) is 9.92. The Labute approximate surface area is 214 Å². The van der Waals surface area contributed by atoms with E-state index in [2.05, 4.69) is 4.98 Å². The molecule has 1 fully saturated rings. The van der Waals surface area contributed by atoms with Crippen molar-refractivity contribution in [3.8, 4) is 22.8 Å². The molecule has 0 N–H and O–H groups in total. The van der Waals surface area contributed by atoms with Crippen molar-refractivity contribution >= 4 is 27.7 Å². The van der Waals surface area contributed by atoms with Gasteiger partial charge in [0.15, 0.2) is 5.82 Å². The Balaban J connectivity index is 1.60. The molecular formula is C28H29N7O2. The molecule has 5 heterocycles. The van der Waals surface area contributed by atoms with Crippen LogP contribution in [-0.4, -0.2) is 61.3 Å². The minimum absolute atomic E-state index is 0.0132. The van der Waals surface area contributed by atoms with Crippen LogP contribution in [0.4, 0.5) is 0 Å². The zero-order chi connectivity index (χ0) is 26.0. The number of aryl methyl sites for hydroxylation is 3. The second-order valence-electron chi connectivity index (χ2n) is 9.92. The lowest BCUT2D eigenvalue weighted by Gasteiger charge is -2.12. The first-order chi connectivity index (χ1) is 17.8. The minimum atomic E-state index is -0.0132. The number of rotatable bonds is 5. The Bertz CT molecular complexity index is 1710. The molecule has 9 heteroatoms. The Morgan fingerprint density at radius 3 is 2.59 bits per heavy atom. The third-order valence-electron chi connectivity index (χ3n) is 7.26. The predicted molar refractivity (Wildman–Crippen MR) is 142 cm³/mol. The maximum Gasteiger partial charge on any atom is 0.270 e. The predicted octanol–water partition coefficient (Wildman–Crippen LogP) is 4.57. The minimum Gasteiger partial charge on any atom is -0.496 e. The number of ether oxygens (including phenoxy) is 1. The molecule has 1 aliphatic carbocycles. The van der Waals surface area contributed by atoms with Crippen molar-refractivity contribution in [1.82, 2.24) is 34.2 Å². The van der Waals surface area contributed by atoms with Crippen molar-refractivity contribution in [2.45, 2.75) is 32.6 Å². The highest BCUT2D eigenvalue weighted by atomic mass is 16.5. The summed E-state index contributed by atoms with van der Waals surface area (Å²) >= 11 is 0. The van der Waals surface area contributed by atoms with Crippen LogP contribution in [0.25, 0.3) is 38.9 Å². The zero-order valence-corrected chi connectivity index (χ0v) is 21.9. The van der Waals surface area contributed by atoms with E-state index >= 15 is 0 Å². The average molecular weight is 496 g/mol. The van der Waals surface area contributed by atoms with Crippen LogP contribution >= 0.6 is 0 Å². The molecule has 5 aromatic rings. The molecule has 0 atom stereocenters. The monoisotopic (exact) mass is 495 g/mol. The number of methoxy groups -OCH3 is 1. The number of nitrogens with zero attached hydrogens (tertiary/aromatic N) is 7. The lowest BCUT2D eigenvalue weighted by atomic mass is 10.1. The van der Waals surface area contributed by atoms with E-state index in [0.29, 0.717) is 17.4 Å². The van der Waals surface area contributed by atoms with E-state index in [1.807, 2.05) is 54.5 Å². The largest absolute Gasteiger partial charge is 0.496 e. The smallest absolute Gasteiger partial charge is 0.270 e. The fraction of sp³-hybridized carbons (Fsp3) is 0.321. The summed E-state index contributed by atoms with van der Waals surface area (Å²) in [4.78, 5) is 28.9. The fourth-order valence-electron chi connectivity index (χ4n) is 5.20. The number of fused-ring (bicyclic) bond motifs is 2. The van der Waals surface area contributed by atoms with Gasteiger partial charge in [-0.2, -0.15) is 5.10 Å². The van der Waals surface area contributed by atoms with Gasteiger partial charge >= 0.3 is 0 Å². The van der Waals surface area contributed by atoms with Crippen molar-refractivity contribution in [3.05, 3.63) is 59.4 Å². The fourth-order valence-corrected chi connectivity index (χ4v) is 5.20. The zero-order valence-electron chi connectivity index (χ0n) is 21.9. The van der Waals surface area contributed by atoms with Crippen LogP contribution in [-0.2, 0) is 7.05 Å². The molecule has 5 aromatic heterocycles. The highest BCUT2D eigenvalue weighted by Gasteiger charge is 2.32. The van der Waals surface area contributed by atoms with Crippen molar-refractivity contribution in [3.63, 3.8) is 0 Å². The Morgan fingerprint density at radius 1 is 1.11 bits per heavy atom.